The van der Waals surface area contributed by atoms with E-state index < -0.39 is 11.4 Å². The van der Waals surface area contributed by atoms with Crippen LogP contribution in [0.1, 0.15) is 49.6 Å². The van der Waals surface area contributed by atoms with E-state index in [1.807, 2.05) is 22.8 Å². The summed E-state index contributed by atoms with van der Waals surface area (Å²) < 4.78 is 22.7. The average molecular weight is 468 g/mol. The lowest BCUT2D eigenvalue weighted by Gasteiger charge is -2.20. The van der Waals surface area contributed by atoms with Gasteiger partial charge in [0.2, 0.25) is 0 Å². The minimum absolute atomic E-state index is 0.212. The number of benzene rings is 2. The number of aromatic nitrogens is 4. The molecule has 4 aromatic rings. The van der Waals surface area contributed by atoms with Crippen molar-refractivity contribution in [3.63, 3.8) is 0 Å². The van der Waals surface area contributed by atoms with Crippen molar-refractivity contribution >= 4 is 22.6 Å². The third-order valence-electron chi connectivity index (χ3n) is 6.00. The molecule has 2 aromatic heterocycles. The number of nitrogens with two attached hydrogens (primary N) is 1. The molecule has 1 aliphatic rings. The molecule has 0 radical (unpaired) electrons. The first-order valence-electron chi connectivity index (χ1n) is 10.5. The van der Waals surface area contributed by atoms with Gasteiger partial charge >= 0.3 is 0 Å². The molecule has 0 amide bonds. The van der Waals surface area contributed by atoms with Gasteiger partial charge in [-0.3, -0.25) is 0 Å². The molecule has 33 heavy (non-hydrogen) atoms. The highest BCUT2D eigenvalue weighted by Gasteiger charge is 2.36. The predicted octanol–water partition coefficient (Wildman–Crippen LogP) is 4.51. The van der Waals surface area contributed by atoms with Crippen molar-refractivity contribution in [1.29, 1.82) is 0 Å². The first kappa shape index (κ1) is 21.8. The molecule has 0 saturated carbocycles. The van der Waals surface area contributed by atoms with Gasteiger partial charge in [0, 0.05) is 40.2 Å². The van der Waals surface area contributed by atoms with E-state index in [1.165, 1.54) is 18.5 Å². The monoisotopic (exact) mass is 467 g/mol. The summed E-state index contributed by atoms with van der Waals surface area (Å²) in [6.45, 7) is 3.19. The quantitative estimate of drug-likeness (QED) is 0.458. The van der Waals surface area contributed by atoms with Crippen molar-refractivity contribution in [2.24, 2.45) is 5.73 Å². The molecule has 1 aliphatic heterocycles. The van der Waals surface area contributed by atoms with Crippen LogP contribution in [-0.2, 0) is 5.60 Å². The van der Waals surface area contributed by atoms with E-state index in [1.54, 1.807) is 27.0 Å². The summed E-state index contributed by atoms with van der Waals surface area (Å²) in [5.74, 6) is 1.14. The molecule has 0 spiro atoms. The van der Waals surface area contributed by atoms with E-state index in [-0.39, 0.29) is 17.9 Å². The standard InChI is InChI=1S/C24H23ClFN5O2/c1-24(2,32)23-28-10-12(11-29-23)13-7-18-17(8-15(13)26)30-22-16(27)9-19(31(18)22)21-14(25)5-4-6-20(21)33-3/h4-8,10-11,16,19,32H,9,27H2,1-3H3/t16-,19-/m1/s1. The average Bonchev–Trinajstić information content (AvgIpc) is 3.29. The van der Waals surface area contributed by atoms with Gasteiger partial charge in [-0.2, -0.15) is 0 Å². The van der Waals surface area contributed by atoms with Crippen LogP contribution in [0.4, 0.5) is 4.39 Å². The van der Waals surface area contributed by atoms with Gasteiger partial charge in [0.25, 0.3) is 0 Å². The number of rotatable bonds is 4. The first-order chi connectivity index (χ1) is 15.7. The number of nitrogens with zero attached hydrogens (tertiary/aromatic N) is 4. The Labute approximate surface area is 195 Å². The van der Waals surface area contributed by atoms with Crippen LogP contribution in [0.3, 0.4) is 0 Å². The maximum Gasteiger partial charge on any atom is 0.159 e. The van der Waals surface area contributed by atoms with Crippen molar-refractivity contribution in [2.45, 2.75) is 38.0 Å². The van der Waals surface area contributed by atoms with Crippen LogP contribution in [0.2, 0.25) is 5.02 Å². The maximum atomic E-state index is 15.1. The highest BCUT2D eigenvalue weighted by molar-refractivity contribution is 6.31. The van der Waals surface area contributed by atoms with E-state index in [2.05, 4.69) is 15.0 Å². The smallest absolute Gasteiger partial charge is 0.159 e. The number of halogens is 2. The Morgan fingerprint density at radius 2 is 1.97 bits per heavy atom. The summed E-state index contributed by atoms with van der Waals surface area (Å²) in [5, 5.41) is 10.7. The molecular weight excluding hydrogens is 445 g/mol. The fourth-order valence-corrected chi connectivity index (χ4v) is 4.74. The topological polar surface area (TPSA) is 99.1 Å². The maximum absolute atomic E-state index is 15.1. The van der Waals surface area contributed by atoms with Crippen molar-refractivity contribution in [1.82, 2.24) is 19.5 Å². The molecule has 0 aliphatic carbocycles. The van der Waals surface area contributed by atoms with Crippen LogP contribution >= 0.6 is 11.6 Å². The predicted molar refractivity (Wildman–Crippen MR) is 124 cm³/mol. The molecule has 170 valence electrons. The number of hydrogen-bond acceptors (Lipinski definition) is 6. The van der Waals surface area contributed by atoms with E-state index in [0.29, 0.717) is 39.7 Å². The molecule has 0 bridgehead atoms. The zero-order valence-electron chi connectivity index (χ0n) is 18.4. The minimum Gasteiger partial charge on any atom is -0.496 e. The number of ether oxygens (including phenoxy) is 1. The Kier molecular flexibility index (Phi) is 5.12. The Hall–Kier alpha value is -3.07. The number of hydrogen-bond donors (Lipinski definition) is 2. The Balaban J connectivity index is 1.68. The van der Waals surface area contributed by atoms with Gasteiger partial charge in [0.05, 0.1) is 30.2 Å². The number of methoxy groups -OCH3 is 1. The molecule has 7 nitrogen and oxygen atoms in total. The molecule has 0 fully saturated rings. The van der Waals surface area contributed by atoms with Gasteiger partial charge in [0.1, 0.15) is 23.0 Å². The summed E-state index contributed by atoms with van der Waals surface area (Å²) in [7, 11) is 1.60. The van der Waals surface area contributed by atoms with Crippen LogP contribution < -0.4 is 10.5 Å². The molecule has 5 rings (SSSR count). The Bertz CT molecular complexity index is 1360. The molecule has 3 heterocycles. The lowest BCUT2D eigenvalue weighted by Crippen LogP contribution is -2.19. The largest absolute Gasteiger partial charge is 0.496 e. The van der Waals surface area contributed by atoms with Gasteiger partial charge in [-0.1, -0.05) is 17.7 Å². The fourth-order valence-electron chi connectivity index (χ4n) is 4.44. The van der Waals surface area contributed by atoms with Crippen LogP contribution in [0, 0.1) is 5.82 Å². The molecule has 0 unspecified atom stereocenters. The first-order valence-corrected chi connectivity index (χ1v) is 10.9. The van der Waals surface area contributed by atoms with Gasteiger partial charge in [0.15, 0.2) is 5.82 Å². The highest BCUT2D eigenvalue weighted by Crippen LogP contribution is 2.46. The van der Waals surface area contributed by atoms with Crippen LogP contribution in [0.5, 0.6) is 5.75 Å². The summed E-state index contributed by atoms with van der Waals surface area (Å²) >= 11 is 6.57. The summed E-state index contributed by atoms with van der Waals surface area (Å²) in [6.07, 6.45) is 3.60. The zero-order chi connectivity index (χ0) is 23.5. The van der Waals surface area contributed by atoms with Crippen molar-refractivity contribution in [3.8, 4) is 16.9 Å². The van der Waals surface area contributed by atoms with Gasteiger partial charge in [-0.15, -0.1) is 0 Å². The molecule has 2 aromatic carbocycles. The summed E-state index contributed by atoms with van der Waals surface area (Å²) in [5.41, 5.74) is 8.11. The zero-order valence-corrected chi connectivity index (χ0v) is 19.1. The number of aliphatic hydroxyl groups is 1. The normalized spacial score (nSPS) is 18.0. The molecule has 9 heteroatoms. The molecule has 3 N–H and O–H groups in total. The number of fused-ring (bicyclic) bond motifs is 3. The van der Waals surface area contributed by atoms with Crippen LogP contribution in [-0.4, -0.2) is 31.7 Å². The molecule has 0 saturated heterocycles. The summed E-state index contributed by atoms with van der Waals surface area (Å²) in [6, 6.07) is 8.09. The van der Waals surface area contributed by atoms with Crippen molar-refractivity contribution < 1.29 is 14.2 Å². The van der Waals surface area contributed by atoms with E-state index in [4.69, 9.17) is 22.1 Å². The van der Waals surface area contributed by atoms with E-state index in [0.717, 1.165) is 11.1 Å². The molecular formula is C24H23ClFN5O2. The van der Waals surface area contributed by atoms with Crippen molar-refractivity contribution in [3.05, 3.63) is 70.8 Å². The van der Waals surface area contributed by atoms with Gasteiger partial charge in [-0.25, -0.2) is 19.3 Å². The highest BCUT2D eigenvalue weighted by atomic mass is 35.5. The lowest BCUT2D eigenvalue weighted by atomic mass is 10.0. The SMILES string of the molecule is COc1cccc(Cl)c1[C@H]1C[C@@H](N)c2nc3cc(F)c(-c4cnc(C(C)(C)O)nc4)cc3n21. The van der Waals surface area contributed by atoms with Gasteiger partial charge in [-0.05, 0) is 38.5 Å². The third kappa shape index (κ3) is 3.55. The summed E-state index contributed by atoms with van der Waals surface area (Å²) in [4.78, 5) is 13.1. The molecule has 2 atom stereocenters. The lowest BCUT2D eigenvalue weighted by molar-refractivity contribution is 0.0687. The second-order valence-electron chi connectivity index (χ2n) is 8.73. The Morgan fingerprint density at radius 1 is 1.24 bits per heavy atom. The second-order valence-corrected chi connectivity index (χ2v) is 9.14. The van der Waals surface area contributed by atoms with E-state index in [9.17, 15) is 5.11 Å². The van der Waals surface area contributed by atoms with Crippen LogP contribution in [0.15, 0.2) is 42.7 Å². The second kappa shape index (κ2) is 7.76. The van der Waals surface area contributed by atoms with Gasteiger partial charge < -0.3 is 20.1 Å². The fraction of sp³-hybridized carbons (Fsp3) is 0.292. The number of imidazole rings is 1. The third-order valence-corrected chi connectivity index (χ3v) is 6.33. The van der Waals surface area contributed by atoms with Crippen LogP contribution in [0.25, 0.3) is 22.2 Å². The Morgan fingerprint density at radius 3 is 2.64 bits per heavy atom. The van der Waals surface area contributed by atoms with Crippen molar-refractivity contribution in [2.75, 3.05) is 7.11 Å². The minimum atomic E-state index is -1.19. The van der Waals surface area contributed by atoms with E-state index >= 15 is 4.39 Å².